The molecule has 2 aromatic rings. The van der Waals surface area contributed by atoms with Crippen LogP contribution in [0.2, 0.25) is 0 Å². The van der Waals surface area contributed by atoms with Gasteiger partial charge in [-0.05, 0) is 18.2 Å². The van der Waals surface area contributed by atoms with E-state index in [-0.39, 0.29) is 5.56 Å². The number of hydrogen-bond donors (Lipinski definition) is 1. The first kappa shape index (κ1) is 10.8. The lowest BCUT2D eigenvalue weighted by molar-refractivity contribution is 0.0696. The maximum Gasteiger partial charge on any atom is 0.337 e. The summed E-state index contributed by atoms with van der Waals surface area (Å²) in [4.78, 5) is 18.5. The minimum absolute atomic E-state index is 0.0790. The van der Waals surface area contributed by atoms with Crippen LogP contribution in [0.3, 0.4) is 0 Å². The van der Waals surface area contributed by atoms with Crippen molar-refractivity contribution < 1.29 is 9.90 Å². The molecule has 0 saturated carbocycles. The molecule has 5 heteroatoms. The average Bonchev–Trinajstić information content (AvgIpc) is 2.39. The highest BCUT2D eigenvalue weighted by Gasteiger charge is 2.05. The molecule has 81 valence electrons. The van der Waals surface area contributed by atoms with Crippen molar-refractivity contribution in [1.82, 2.24) is 9.97 Å². The summed E-state index contributed by atoms with van der Waals surface area (Å²) in [5.74, 6) is -1.04. The van der Waals surface area contributed by atoms with E-state index in [2.05, 4.69) is 16.0 Å². The Morgan fingerprint density at radius 3 is 2.65 bits per heavy atom. The van der Waals surface area contributed by atoms with E-state index in [1.807, 2.05) is 6.07 Å². The molecule has 0 unspecified atom stereocenters. The van der Waals surface area contributed by atoms with E-state index in [1.165, 1.54) is 18.5 Å². The largest absolute Gasteiger partial charge is 0.478 e. The van der Waals surface area contributed by atoms with Crippen LogP contribution >= 0.6 is 0 Å². The molecule has 2 heterocycles. The second kappa shape index (κ2) is 4.41. The van der Waals surface area contributed by atoms with Crippen LogP contribution in [-0.4, -0.2) is 21.0 Å². The molecule has 0 amide bonds. The van der Waals surface area contributed by atoms with E-state index >= 15 is 0 Å². The van der Waals surface area contributed by atoms with Gasteiger partial charge < -0.3 is 5.11 Å². The lowest BCUT2D eigenvalue weighted by Gasteiger charge is -2.00. The quantitative estimate of drug-likeness (QED) is 0.835. The van der Waals surface area contributed by atoms with Gasteiger partial charge in [0.2, 0.25) is 0 Å². The number of aromatic nitrogens is 2. The van der Waals surface area contributed by atoms with E-state index < -0.39 is 5.97 Å². The number of carboxylic acids is 1. The van der Waals surface area contributed by atoms with E-state index in [1.54, 1.807) is 12.1 Å². The van der Waals surface area contributed by atoms with Gasteiger partial charge in [-0.3, -0.25) is 4.98 Å². The predicted octanol–water partition coefficient (Wildman–Crippen LogP) is 1.51. The lowest BCUT2D eigenvalue weighted by atomic mass is 10.1. The fraction of sp³-hybridized carbons (Fsp3) is 0. The third-order valence-corrected chi connectivity index (χ3v) is 2.10. The Morgan fingerprint density at radius 1 is 1.35 bits per heavy atom. The third-order valence-electron chi connectivity index (χ3n) is 2.10. The van der Waals surface area contributed by atoms with Gasteiger partial charge in [0.1, 0.15) is 11.8 Å². The molecule has 0 aliphatic rings. The van der Waals surface area contributed by atoms with Crippen LogP contribution in [-0.2, 0) is 0 Å². The molecular formula is C12H6N3O2. The predicted molar refractivity (Wildman–Crippen MR) is 58.0 cm³/mol. The molecule has 0 fully saturated rings. The molecule has 0 bridgehead atoms. The normalized spacial score (nSPS) is 9.59. The Hall–Kier alpha value is -2.74. The van der Waals surface area contributed by atoms with Crippen molar-refractivity contribution in [3.8, 4) is 17.3 Å². The van der Waals surface area contributed by atoms with Crippen LogP contribution in [0.15, 0.2) is 30.6 Å². The van der Waals surface area contributed by atoms with Crippen molar-refractivity contribution in [3.05, 3.63) is 47.9 Å². The van der Waals surface area contributed by atoms with Crippen molar-refractivity contribution in [3.63, 3.8) is 0 Å². The summed E-state index contributed by atoms with van der Waals surface area (Å²) in [5.41, 5.74) is 1.57. The maximum absolute atomic E-state index is 10.6. The number of rotatable bonds is 2. The van der Waals surface area contributed by atoms with Gasteiger partial charge in [0.15, 0.2) is 0 Å². The van der Waals surface area contributed by atoms with Crippen LogP contribution in [0.25, 0.3) is 11.3 Å². The minimum atomic E-state index is -1.04. The Morgan fingerprint density at radius 2 is 2.18 bits per heavy atom. The fourth-order valence-corrected chi connectivity index (χ4v) is 1.23. The van der Waals surface area contributed by atoms with Gasteiger partial charge in [0.05, 0.1) is 11.3 Å². The second-order valence-corrected chi connectivity index (χ2v) is 3.20. The number of hydrogen-bond acceptors (Lipinski definition) is 4. The topological polar surface area (TPSA) is 86.9 Å². The molecule has 2 rings (SSSR count). The Kier molecular flexibility index (Phi) is 2.79. The second-order valence-electron chi connectivity index (χ2n) is 3.20. The summed E-state index contributed by atoms with van der Waals surface area (Å²) in [6, 6.07) is 9.27. The van der Waals surface area contributed by atoms with Gasteiger partial charge in [-0.25, -0.2) is 9.78 Å². The van der Waals surface area contributed by atoms with E-state index in [4.69, 9.17) is 10.4 Å². The zero-order valence-corrected chi connectivity index (χ0v) is 8.58. The highest BCUT2D eigenvalue weighted by molar-refractivity contribution is 5.87. The van der Waals surface area contributed by atoms with Gasteiger partial charge >= 0.3 is 5.97 Å². The van der Waals surface area contributed by atoms with E-state index in [9.17, 15) is 4.79 Å². The van der Waals surface area contributed by atoms with Gasteiger partial charge in [0.25, 0.3) is 0 Å². The summed E-state index contributed by atoms with van der Waals surface area (Å²) in [5, 5.41) is 17.3. The number of carbonyl (C=O) groups is 1. The highest BCUT2D eigenvalue weighted by Crippen LogP contribution is 2.15. The number of pyridine rings is 2. The van der Waals surface area contributed by atoms with Crippen molar-refractivity contribution in [2.24, 2.45) is 0 Å². The fourth-order valence-electron chi connectivity index (χ4n) is 1.23. The average molecular weight is 224 g/mol. The van der Waals surface area contributed by atoms with Crippen molar-refractivity contribution >= 4 is 5.97 Å². The maximum atomic E-state index is 10.6. The Labute approximate surface area is 97.0 Å². The number of nitrogens with zero attached hydrogens (tertiary/aromatic N) is 3. The molecular weight excluding hydrogens is 218 g/mol. The van der Waals surface area contributed by atoms with Crippen LogP contribution < -0.4 is 0 Å². The summed E-state index contributed by atoms with van der Waals surface area (Å²) < 4.78 is 0. The standard InChI is InChI=1S/C12H6N3O2/c13-5-10-3-1-8(6-14-10)11-4-2-9(7-15-11)12(16)17/h1-3,6-7H,(H,16,17). The summed E-state index contributed by atoms with van der Waals surface area (Å²) >= 11 is 0. The summed E-state index contributed by atoms with van der Waals surface area (Å²) in [6.45, 7) is 0. The minimum Gasteiger partial charge on any atom is -0.478 e. The first-order valence-electron chi connectivity index (χ1n) is 4.68. The molecule has 2 aromatic heterocycles. The zero-order valence-electron chi connectivity index (χ0n) is 8.58. The molecule has 1 radical (unpaired) electrons. The Balaban J connectivity index is 2.33. The molecule has 0 saturated heterocycles. The molecule has 0 aromatic carbocycles. The van der Waals surface area contributed by atoms with Crippen molar-refractivity contribution in [1.29, 1.82) is 5.26 Å². The molecule has 0 aliphatic carbocycles. The smallest absolute Gasteiger partial charge is 0.337 e. The first-order valence-corrected chi connectivity index (χ1v) is 4.68. The van der Waals surface area contributed by atoms with Crippen LogP contribution in [0.5, 0.6) is 0 Å². The molecule has 1 N–H and O–H groups in total. The van der Waals surface area contributed by atoms with Crippen molar-refractivity contribution in [2.45, 2.75) is 0 Å². The molecule has 0 aliphatic heterocycles. The van der Waals surface area contributed by atoms with Crippen LogP contribution in [0, 0.1) is 17.4 Å². The summed E-state index contributed by atoms with van der Waals surface area (Å²) in [6.07, 6.45) is 2.75. The van der Waals surface area contributed by atoms with Crippen molar-refractivity contribution in [2.75, 3.05) is 0 Å². The molecule has 5 nitrogen and oxygen atoms in total. The van der Waals surface area contributed by atoms with Gasteiger partial charge in [-0.2, -0.15) is 5.26 Å². The molecule has 0 spiro atoms. The van der Waals surface area contributed by atoms with Crippen LogP contribution in [0.4, 0.5) is 0 Å². The SMILES string of the molecule is N#Cc1ccc(-c2[c]cc(C(=O)O)cn2)cn1. The summed E-state index contributed by atoms with van der Waals surface area (Å²) in [7, 11) is 0. The highest BCUT2D eigenvalue weighted by atomic mass is 16.4. The number of aromatic carboxylic acids is 1. The van der Waals surface area contributed by atoms with Crippen LogP contribution in [0.1, 0.15) is 16.1 Å². The lowest BCUT2D eigenvalue weighted by Crippen LogP contribution is -1.97. The molecule has 17 heavy (non-hydrogen) atoms. The number of carboxylic acid groups (broad SMARTS) is 1. The van der Waals surface area contributed by atoms with E-state index in [0.717, 1.165) is 0 Å². The van der Waals surface area contributed by atoms with Gasteiger partial charge in [-0.15, -0.1) is 0 Å². The number of nitriles is 1. The first-order chi connectivity index (χ1) is 8.20. The van der Waals surface area contributed by atoms with Gasteiger partial charge in [0, 0.05) is 24.0 Å². The molecule has 0 atom stereocenters. The van der Waals surface area contributed by atoms with E-state index in [0.29, 0.717) is 17.0 Å². The zero-order chi connectivity index (χ0) is 12.3. The monoisotopic (exact) mass is 224 g/mol. The van der Waals surface area contributed by atoms with Gasteiger partial charge in [-0.1, -0.05) is 0 Å². The third kappa shape index (κ3) is 2.26. The Bertz CT molecular complexity index is 583.